The Morgan fingerprint density at radius 3 is 0.898 bits per heavy atom. The van der Waals surface area contributed by atoms with E-state index in [4.69, 9.17) is 48.9 Å². The first kappa shape index (κ1) is 55.1. The number of nitrogens with zero attached hydrogens (tertiary/aromatic N) is 10. The normalized spacial score (nSPS) is 11.5. The van der Waals surface area contributed by atoms with Gasteiger partial charge in [0.25, 0.3) is 0 Å². The van der Waals surface area contributed by atoms with Gasteiger partial charge in [0.1, 0.15) is 69.5 Å². The summed E-state index contributed by atoms with van der Waals surface area (Å²) in [5.74, 6) is -1.29. The van der Waals surface area contributed by atoms with Gasteiger partial charge in [-0.3, -0.25) is 0 Å². The number of carboxylic acids is 4. The molecule has 0 saturated carbocycles. The zero-order valence-electron chi connectivity index (χ0n) is 47.1. The number of carboxylic acid groups (broad SMARTS) is 4. The summed E-state index contributed by atoms with van der Waals surface area (Å²) >= 11 is 0. The van der Waals surface area contributed by atoms with E-state index < -0.39 is 23.9 Å². The summed E-state index contributed by atoms with van der Waals surface area (Å²) in [4.78, 5) is 84.4. The Bertz CT molecular complexity index is 4680. The number of aryl methyl sites for hydroxylation is 4. The van der Waals surface area contributed by atoms with Crippen molar-refractivity contribution in [3.8, 4) is 91.5 Å². The maximum atomic E-state index is 11.6. The summed E-state index contributed by atoms with van der Waals surface area (Å²) in [5, 5.41) is 48.8. The van der Waals surface area contributed by atoms with Crippen molar-refractivity contribution in [2.24, 2.45) is 0 Å². The predicted molar refractivity (Wildman–Crippen MR) is 302 cm³/mol. The fourth-order valence-corrected chi connectivity index (χ4v) is 10.4. The maximum absolute atomic E-state index is 11.6. The molecule has 8 bridgehead atoms. The molecular weight excluding hydrogens is 1130 g/mol. The molecule has 11 aromatic rings. The fraction of sp³-hybridized carbons (Fsp3) is 0.125. The average Bonchev–Trinajstić information content (AvgIpc) is 2.20. The van der Waals surface area contributed by atoms with Gasteiger partial charge >= 0.3 is 0 Å². The highest BCUT2D eigenvalue weighted by Gasteiger charge is 2.26. The molecule has 0 fully saturated rings. The van der Waals surface area contributed by atoms with Crippen molar-refractivity contribution in [3.63, 3.8) is 0 Å². The number of hydrogen-bond acceptors (Lipinski definition) is 18. The van der Waals surface area contributed by atoms with E-state index >= 15 is 0 Å². The van der Waals surface area contributed by atoms with Crippen molar-refractivity contribution in [1.29, 1.82) is 0 Å². The second-order valence-corrected chi connectivity index (χ2v) is 20.9. The number of aromatic amines is 2. The Morgan fingerprint density at radius 1 is 0.330 bits per heavy atom. The van der Waals surface area contributed by atoms with Crippen LogP contribution in [0.4, 0.5) is 0 Å². The largest absolute Gasteiger partial charge is 0.544 e. The third-order valence-corrected chi connectivity index (χ3v) is 14.8. The number of carbonyl (C=O) groups excluding carboxylic acids is 4. The minimum atomic E-state index is -1.27. The van der Waals surface area contributed by atoms with Gasteiger partial charge in [0, 0.05) is 95.8 Å². The Morgan fingerprint density at radius 2 is 0.591 bits per heavy atom. The zero-order valence-corrected chi connectivity index (χ0v) is 47.1. The minimum Gasteiger partial charge on any atom is -0.544 e. The Kier molecular flexibility index (Phi) is 13.9. The summed E-state index contributed by atoms with van der Waals surface area (Å²) < 4.78 is 31.5. The first-order valence-corrected chi connectivity index (χ1v) is 27.3. The monoisotopic (exact) mass is 1170 g/mol. The van der Waals surface area contributed by atoms with E-state index in [2.05, 4.69) is 9.97 Å². The van der Waals surface area contributed by atoms with Crippen LogP contribution in [0.3, 0.4) is 0 Å². The van der Waals surface area contributed by atoms with Gasteiger partial charge in [0.05, 0.1) is 0 Å². The van der Waals surface area contributed by atoms with Crippen LogP contribution in [0.1, 0.15) is 22.8 Å². The van der Waals surface area contributed by atoms with Gasteiger partial charge < -0.3 is 68.5 Å². The number of rotatable bonds is 16. The van der Waals surface area contributed by atoms with Crippen LogP contribution in [0.5, 0.6) is 46.0 Å². The first-order valence-electron chi connectivity index (χ1n) is 27.3. The topological polar surface area (TPSA) is 322 Å². The Balaban J connectivity index is 1.03. The molecule has 0 unspecified atom stereocenters. The van der Waals surface area contributed by atoms with Crippen LogP contribution in [-0.4, -0.2) is 63.7 Å². The Hall–Kier alpha value is -12.1. The highest BCUT2D eigenvalue weighted by molar-refractivity contribution is 6.07. The second-order valence-electron chi connectivity index (χ2n) is 20.9. The van der Waals surface area contributed by atoms with Crippen molar-refractivity contribution in [2.75, 3.05) is 0 Å². The van der Waals surface area contributed by atoms with Gasteiger partial charge in [-0.1, -0.05) is 0 Å². The lowest BCUT2D eigenvalue weighted by molar-refractivity contribution is -0.696. The van der Waals surface area contributed by atoms with E-state index in [0.717, 1.165) is 0 Å². The van der Waals surface area contributed by atoms with Gasteiger partial charge in [0.15, 0.2) is 95.3 Å². The average molecular weight is 1180 g/mol. The van der Waals surface area contributed by atoms with Crippen molar-refractivity contribution >= 4 is 68.0 Å². The number of aromatic nitrogens is 12. The molecule has 2 aliphatic rings. The molecule has 0 spiro atoms. The third kappa shape index (κ3) is 11.1. The van der Waals surface area contributed by atoms with Crippen molar-refractivity contribution in [1.82, 2.24) is 39.9 Å². The van der Waals surface area contributed by atoms with E-state index in [1.165, 1.54) is 18.3 Å². The summed E-state index contributed by atoms with van der Waals surface area (Å²) in [6.07, 6.45) is 6.28. The molecule has 4 aromatic carbocycles. The molecule has 0 aliphatic carbocycles. The van der Waals surface area contributed by atoms with Crippen molar-refractivity contribution < 1.29 is 76.8 Å². The van der Waals surface area contributed by atoms with Crippen LogP contribution in [-0.2, 0) is 45.4 Å². The summed E-state index contributed by atoms with van der Waals surface area (Å²) in [6.45, 7) is 5.52. The van der Waals surface area contributed by atoms with Crippen LogP contribution >= 0.6 is 0 Å². The predicted octanol–water partition coefficient (Wildman–Crippen LogP) is 3.42. The van der Waals surface area contributed by atoms with E-state index in [9.17, 15) is 39.6 Å². The molecule has 9 heterocycles. The summed E-state index contributed by atoms with van der Waals surface area (Å²) in [7, 11) is 0. The molecule has 434 valence electrons. The number of carbonyl (C=O) groups is 4. The molecule has 24 heteroatoms. The zero-order chi connectivity index (χ0) is 61.1. The molecule has 0 atom stereocenters. The van der Waals surface area contributed by atoms with Gasteiger partial charge in [-0.2, -0.15) is 18.3 Å². The lowest BCUT2D eigenvalue weighted by Gasteiger charge is -2.08. The highest BCUT2D eigenvalue weighted by atomic mass is 16.5. The van der Waals surface area contributed by atoms with Crippen LogP contribution in [0, 0.1) is 27.7 Å². The fourth-order valence-electron chi connectivity index (χ4n) is 10.4. The van der Waals surface area contributed by atoms with Gasteiger partial charge in [0.2, 0.25) is 24.8 Å². The SMILES string of the molecule is Cc1ccc(Oc2ccc3c(c2)-c2nc-3nc3[nH]c(nc4nc(nc5[nH]c(n2)c2ccc(Oc6ccc(C)[n+](CC(=O)[O-])c6)cc52)-c2ccc(Oc5ccc(C)[n+](CC(=O)[O-])c5)cc2-4)c2ccc(Oc4ccc(C)[n+](CC(=O)[O-])c4)cc32)c[n+]1CC(=O)[O-]. The quantitative estimate of drug-likeness (QED) is 0.131. The molecule has 7 aromatic heterocycles. The summed E-state index contributed by atoms with van der Waals surface area (Å²) in [6, 6.07) is 35.0. The number of H-pyrrole nitrogens is 2. The maximum Gasteiger partial charge on any atom is 0.212 e. The molecule has 13 rings (SSSR count). The van der Waals surface area contributed by atoms with E-state index in [0.29, 0.717) is 135 Å². The van der Waals surface area contributed by atoms with E-state index in [1.54, 1.807) is 174 Å². The number of fused-ring (bicyclic) bond motifs is 20. The molecule has 2 aliphatic heterocycles. The minimum absolute atomic E-state index is 0.217. The standard InChI is InChI=1S/C64H46N12O12/c1-33-5-9-41(25-73(33)29-53(77)78)85-37-13-17-45-49(21-37)61-65-57(45)70-62-51-23-39(87-43-11-7-35(3)75(27-43)31-55(81)82)15-19-47(51)59(67-62)72-64-52-24-40(88-44-12-8-36(4)76(28-44)32-56(83)84)16-20-48(52)60(68-64)71-63-50-22-38(14-18-46(50)58(66-63)69-61)86-42-10-6-34(2)74(26-42)30-54(79)80/h5-28H,29-32H2,1-4H3,(H2-4,65,66,67,68,69,70,71,72,77,78,79,80,81,82,83,84). The molecule has 2 N–H and O–H groups in total. The lowest BCUT2D eigenvalue weighted by atomic mass is 10.1. The van der Waals surface area contributed by atoms with Crippen LogP contribution in [0.25, 0.3) is 89.7 Å². The molecular formula is C64H46N12O12. The molecule has 24 nitrogen and oxygen atoms in total. The molecule has 88 heavy (non-hydrogen) atoms. The third-order valence-electron chi connectivity index (χ3n) is 14.8. The van der Waals surface area contributed by atoms with Crippen molar-refractivity contribution in [2.45, 2.75) is 53.9 Å². The van der Waals surface area contributed by atoms with E-state index in [-0.39, 0.29) is 49.5 Å². The number of benzene rings is 4. The highest BCUT2D eigenvalue weighted by Crippen LogP contribution is 2.41. The van der Waals surface area contributed by atoms with Gasteiger partial charge in [-0.25, -0.2) is 29.9 Å². The number of nitrogens with one attached hydrogen (secondary N) is 2. The number of hydrogen-bond donors (Lipinski definition) is 2. The number of ether oxygens (including phenoxy) is 4. The summed E-state index contributed by atoms with van der Waals surface area (Å²) in [5.41, 5.74) is 6.09. The Labute approximate surface area is 497 Å². The molecule has 0 saturated heterocycles. The van der Waals surface area contributed by atoms with Crippen LogP contribution in [0.15, 0.2) is 146 Å². The van der Waals surface area contributed by atoms with Gasteiger partial charge in [-0.15, -0.1) is 0 Å². The molecule has 0 radical (unpaired) electrons. The number of aliphatic carboxylic acids is 4. The first-order chi connectivity index (χ1) is 42.4. The lowest BCUT2D eigenvalue weighted by Crippen LogP contribution is -2.45. The second kappa shape index (κ2) is 22.2. The number of pyridine rings is 4. The van der Waals surface area contributed by atoms with Crippen LogP contribution < -0.4 is 57.6 Å². The smallest absolute Gasteiger partial charge is 0.212 e. The van der Waals surface area contributed by atoms with E-state index in [1.807, 2.05) is 0 Å². The van der Waals surface area contributed by atoms with Gasteiger partial charge in [-0.05, 0) is 97.1 Å². The molecule has 0 amide bonds. The van der Waals surface area contributed by atoms with Crippen LogP contribution in [0.2, 0.25) is 0 Å². The van der Waals surface area contributed by atoms with Crippen molar-refractivity contribution in [3.05, 3.63) is 169 Å².